The molecule has 0 amide bonds. The Bertz CT molecular complexity index is 355. The van der Waals surface area contributed by atoms with E-state index in [1.807, 2.05) is 0 Å². The number of rotatable bonds is 9. The predicted molar refractivity (Wildman–Crippen MR) is 68.6 cm³/mol. The summed E-state index contributed by atoms with van der Waals surface area (Å²) in [6, 6.07) is 0. The average Bonchev–Trinajstić information content (AvgIpc) is 2.81. The molecule has 1 aromatic rings. The van der Waals surface area contributed by atoms with Crippen molar-refractivity contribution in [1.82, 2.24) is 9.88 Å². The summed E-state index contributed by atoms with van der Waals surface area (Å²) < 4.78 is 5.18. The van der Waals surface area contributed by atoms with Crippen LogP contribution in [0.3, 0.4) is 0 Å². The number of aromatic nitrogens is 1. The van der Waals surface area contributed by atoms with Crippen LogP contribution in [0.5, 0.6) is 0 Å². The zero-order valence-electron chi connectivity index (χ0n) is 11.2. The highest BCUT2D eigenvalue weighted by atomic mass is 16.4. The molecule has 1 heterocycles. The second kappa shape index (κ2) is 7.87. The Morgan fingerprint density at radius 1 is 1.33 bits per heavy atom. The van der Waals surface area contributed by atoms with Crippen molar-refractivity contribution >= 4 is 5.97 Å². The average molecular weight is 254 g/mol. The van der Waals surface area contributed by atoms with Gasteiger partial charge in [0, 0.05) is 0 Å². The lowest BCUT2D eigenvalue weighted by molar-refractivity contribution is 0.0690. The van der Waals surface area contributed by atoms with E-state index in [9.17, 15) is 4.79 Å². The summed E-state index contributed by atoms with van der Waals surface area (Å²) in [5.41, 5.74) is -0.0177. The third kappa shape index (κ3) is 4.87. The van der Waals surface area contributed by atoms with E-state index in [0.29, 0.717) is 12.4 Å². The van der Waals surface area contributed by atoms with Crippen molar-refractivity contribution in [3.8, 4) is 0 Å². The minimum Gasteiger partial charge on any atom is -0.476 e. The number of carboxylic acid groups (broad SMARTS) is 1. The van der Waals surface area contributed by atoms with E-state index in [1.54, 1.807) is 0 Å². The van der Waals surface area contributed by atoms with E-state index >= 15 is 0 Å². The van der Waals surface area contributed by atoms with Crippen LogP contribution in [-0.4, -0.2) is 34.0 Å². The first kappa shape index (κ1) is 14.7. The molecule has 0 radical (unpaired) electrons. The third-order valence-corrected chi connectivity index (χ3v) is 2.79. The molecule has 0 aliphatic rings. The number of oxazole rings is 1. The van der Waals surface area contributed by atoms with Crippen molar-refractivity contribution in [3.63, 3.8) is 0 Å². The summed E-state index contributed by atoms with van der Waals surface area (Å²) in [6.07, 6.45) is 5.77. The fourth-order valence-corrected chi connectivity index (χ4v) is 1.71. The van der Waals surface area contributed by atoms with Crippen molar-refractivity contribution in [2.24, 2.45) is 0 Å². The third-order valence-electron chi connectivity index (χ3n) is 2.79. The number of carbonyl (C=O) groups is 1. The van der Waals surface area contributed by atoms with Crippen molar-refractivity contribution in [2.75, 3.05) is 13.1 Å². The van der Waals surface area contributed by atoms with E-state index in [2.05, 4.69) is 23.7 Å². The summed E-state index contributed by atoms with van der Waals surface area (Å²) in [5.74, 6) is -0.557. The van der Waals surface area contributed by atoms with Gasteiger partial charge in [-0.15, -0.1) is 0 Å². The molecule has 1 rings (SSSR count). The summed E-state index contributed by atoms with van der Waals surface area (Å²) in [4.78, 5) is 16.9. The standard InChI is InChI=1S/C13H22N2O3/c1-3-5-7-15(8-6-4-2)9-12-14-11(10-18-12)13(16)17/h10H,3-9H2,1-2H3,(H,16,17). The lowest BCUT2D eigenvalue weighted by Crippen LogP contribution is -2.25. The summed E-state index contributed by atoms with van der Waals surface area (Å²) in [6.45, 7) is 6.91. The van der Waals surface area contributed by atoms with Gasteiger partial charge in [-0.05, 0) is 25.9 Å². The van der Waals surface area contributed by atoms with Crippen LogP contribution >= 0.6 is 0 Å². The molecular weight excluding hydrogens is 232 g/mol. The molecule has 1 N–H and O–H groups in total. The van der Waals surface area contributed by atoms with Gasteiger partial charge < -0.3 is 9.52 Å². The first-order valence-corrected chi connectivity index (χ1v) is 6.57. The molecule has 102 valence electrons. The first-order chi connectivity index (χ1) is 8.67. The fraction of sp³-hybridized carbons (Fsp3) is 0.692. The summed E-state index contributed by atoms with van der Waals surface area (Å²) >= 11 is 0. The van der Waals surface area contributed by atoms with Crippen molar-refractivity contribution in [1.29, 1.82) is 0 Å². The Labute approximate surface area is 108 Å². The van der Waals surface area contributed by atoms with Crippen LogP contribution in [0.25, 0.3) is 0 Å². The largest absolute Gasteiger partial charge is 0.476 e. The van der Waals surface area contributed by atoms with Crippen LogP contribution in [0.15, 0.2) is 10.7 Å². The normalized spacial score (nSPS) is 11.1. The molecule has 0 saturated heterocycles. The van der Waals surface area contributed by atoms with Gasteiger partial charge >= 0.3 is 5.97 Å². The van der Waals surface area contributed by atoms with Gasteiger partial charge in [-0.1, -0.05) is 26.7 Å². The topological polar surface area (TPSA) is 66.6 Å². The van der Waals surface area contributed by atoms with Crippen LogP contribution in [0.1, 0.15) is 55.9 Å². The van der Waals surface area contributed by atoms with E-state index in [-0.39, 0.29) is 5.69 Å². The van der Waals surface area contributed by atoms with Crippen LogP contribution in [0, 0.1) is 0 Å². The molecule has 0 spiro atoms. The van der Waals surface area contributed by atoms with Gasteiger partial charge in [0.15, 0.2) is 5.69 Å². The molecule has 0 bridgehead atoms. The van der Waals surface area contributed by atoms with Gasteiger partial charge in [-0.2, -0.15) is 0 Å². The van der Waals surface area contributed by atoms with Gasteiger partial charge in [0.05, 0.1) is 6.54 Å². The Kier molecular flexibility index (Phi) is 6.43. The zero-order chi connectivity index (χ0) is 13.4. The SMILES string of the molecule is CCCCN(CCCC)Cc1nc(C(=O)O)co1. The number of nitrogens with zero attached hydrogens (tertiary/aromatic N) is 2. The monoisotopic (exact) mass is 254 g/mol. The second-order valence-corrected chi connectivity index (χ2v) is 4.41. The maximum atomic E-state index is 10.7. The molecule has 5 heteroatoms. The van der Waals surface area contributed by atoms with Gasteiger partial charge in [-0.3, -0.25) is 4.90 Å². The van der Waals surface area contributed by atoms with Gasteiger partial charge in [-0.25, -0.2) is 9.78 Å². The molecule has 0 unspecified atom stereocenters. The molecule has 0 atom stereocenters. The van der Waals surface area contributed by atoms with Gasteiger partial charge in [0.25, 0.3) is 0 Å². The number of hydrogen-bond donors (Lipinski definition) is 1. The van der Waals surface area contributed by atoms with E-state index in [0.717, 1.165) is 38.8 Å². The lowest BCUT2D eigenvalue weighted by atomic mass is 10.2. The molecule has 0 aromatic carbocycles. The summed E-state index contributed by atoms with van der Waals surface area (Å²) in [5, 5.41) is 8.78. The van der Waals surface area contributed by atoms with Crippen molar-refractivity contribution in [2.45, 2.75) is 46.1 Å². The molecule has 0 aliphatic carbocycles. The summed E-state index contributed by atoms with van der Waals surface area (Å²) in [7, 11) is 0. The highest BCUT2D eigenvalue weighted by Gasteiger charge is 2.13. The highest BCUT2D eigenvalue weighted by molar-refractivity contribution is 5.84. The highest BCUT2D eigenvalue weighted by Crippen LogP contribution is 2.08. The molecule has 0 fully saturated rings. The number of unbranched alkanes of at least 4 members (excludes halogenated alkanes) is 2. The lowest BCUT2D eigenvalue weighted by Gasteiger charge is -2.19. The Morgan fingerprint density at radius 2 is 1.94 bits per heavy atom. The Balaban J connectivity index is 2.54. The molecular formula is C13H22N2O3. The van der Waals surface area contributed by atoms with Crippen molar-refractivity contribution < 1.29 is 14.3 Å². The van der Waals surface area contributed by atoms with E-state index in [4.69, 9.17) is 9.52 Å². The van der Waals surface area contributed by atoms with Gasteiger partial charge in [0.2, 0.25) is 5.89 Å². The fourth-order valence-electron chi connectivity index (χ4n) is 1.71. The molecule has 5 nitrogen and oxygen atoms in total. The van der Waals surface area contributed by atoms with Gasteiger partial charge in [0.1, 0.15) is 6.26 Å². The molecule has 0 aliphatic heterocycles. The van der Waals surface area contributed by atoms with Crippen LogP contribution in [-0.2, 0) is 6.54 Å². The molecule has 0 saturated carbocycles. The Hall–Kier alpha value is -1.36. The molecule has 18 heavy (non-hydrogen) atoms. The number of aromatic carboxylic acids is 1. The second-order valence-electron chi connectivity index (χ2n) is 4.41. The van der Waals surface area contributed by atoms with Crippen LogP contribution in [0.2, 0.25) is 0 Å². The van der Waals surface area contributed by atoms with Crippen molar-refractivity contribution in [3.05, 3.63) is 17.8 Å². The minimum absolute atomic E-state index is 0.0177. The van der Waals surface area contributed by atoms with Crippen LogP contribution in [0.4, 0.5) is 0 Å². The van der Waals surface area contributed by atoms with E-state index in [1.165, 1.54) is 6.26 Å². The van der Waals surface area contributed by atoms with E-state index < -0.39 is 5.97 Å². The number of hydrogen-bond acceptors (Lipinski definition) is 4. The first-order valence-electron chi connectivity index (χ1n) is 6.57. The zero-order valence-corrected chi connectivity index (χ0v) is 11.2. The quantitative estimate of drug-likeness (QED) is 0.734. The molecule has 1 aromatic heterocycles. The van der Waals surface area contributed by atoms with Crippen LogP contribution < -0.4 is 0 Å². The smallest absolute Gasteiger partial charge is 0.357 e. The Morgan fingerprint density at radius 3 is 2.39 bits per heavy atom. The minimum atomic E-state index is -1.04. The number of carboxylic acids is 1. The maximum absolute atomic E-state index is 10.7. The maximum Gasteiger partial charge on any atom is 0.357 e. The predicted octanol–water partition coefficient (Wildman–Crippen LogP) is 2.78.